The SMILES string of the molecule is CC1(C)O[C@@H](CP(=O)(c2cccs2)c2cccs2)[C@H](CP(=O)(c2cccs2)c2cccs2)O1. The fourth-order valence-electron chi connectivity index (χ4n) is 4.20. The Bertz CT molecular complexity index is 1090. The largest absolute Gasteiger partial charge is 0.344 e. The molecular formula is C23H24O4P2S4. The van der Waals surface area contributed by atoms with E-state index in [4.69, 9.17) is 9.47 Å². The third-order valence-electron chi connectivity index (χ3n) is 5.61. The van der Waals surface area contributed by atoms with Crippen molar-refractivity contribution in [1.82, 2.24) is 0 Å². The molecule has 4 nitrogen and oxygen atoms in total. The molecule has 0 amide bonds. The molecule has 1 fully saturated rings. The molecule has 1 saturated heterocycles. The highest BCUT2D eigenvalue weighted by Gasteiger charge is 2.49. The van der Waals surface area contributed by atoms with Crippen molar-refractivity contribution in [1.29, 1.82) is 0 Å². The van der Waals surface area contributed by atoms with Gasteiger partial charge < -0.3 is 18.6 Å². The Balaban J connectivity index is 1.51. The average Bonchev–Trinajstić information content (AvgIpc) is 3.61. The lowest BCUT2D eigenvalue weighted by Crippen LogP contribution is -2.34. The van der Waals surface area contributed by atoms with Crippen LogP contribution in [-0.4, -0.2) is 30.3 Å². The molecule has 0 radical (unpaired) electrons. The van der Waals surface area contributed by atoms with Gasteiger partial charge in [0, 0.05) is 12.3 Å². The van der Waals surface area contributed by atoms with Crippen LogP contribution in [0.1, 0.15) is 13.8 Å². The van der Waals surface area contributed by atoms with Gasteiger partial charge in [0.2, 0.25) is 0 Å². The smallest absolute Gasteiger partial charge is 0.164 e. The number of ether oxygens (including phenoxy) is 2. The third kappa shape index (κ3) is 4.70. The zero-order valence-corrected chi connectivity index (χ0v) is 23.2. The third-order valence-corrected chi connectivity index (χ3v) is 18.3. The summed E-state index contributed by atoms with van der Waals surface area (Å²) in [5.74, 6) is -0.833. The van der Waals surface area contributed by atoms with E-state index in [9.17, 15) is 9.13 Å². The van der Waals surface area contributed by atoms with Crippen molar-refractivity contribution in [3.05, 3.63) is 70.1 Å². The molecule has 4 aromatic heterocycles. The molecule has 0 N–H and O–H groups in total. The second kappa shape index (κ2) is 9.33. The maximum Gasteiger partial charge on any atom is 0.164 e. The van der Waals surface area contributed by atoms with Crippen molar-refractivity contribution in [2.45, 2.75) is 31.8 Å². The summed E-state index contributed by atoms with van der Waals surface area (Å²) in [7, 11) is -5.82. The van der Waals surface area contributed by atoms with Crippen LogP contribution in [0, 0.1) is 0 Å². The van der Waals surface area contributed by atoms with Crippen LogP contribution in [0.5, 0.6) is 0 Å². The molecule has 2 atom stereocenters. The molecular weight excluding hydrogens is 530 g/mol. The first kappa shape index (κ1) is 23.9. The molecule has 0 saturated carbocycles. The van der Waals surface area contributed by atoms with Gasteiger partial charge in [0.1, 0.15) is 0 Å². The van der Waals surface area contributed by atoms with Gasteiger partial charge in [-0.05, 0) is 59.6 Å². The molecule has 4 aromatic rings. The van der Waals surface area contributed by atoms with Gasteiger partial charge in [-0.2, -0.15) is 0 Å². The molecule has 5 rings (SSSR count). The molecule has 0 unspecified atom stereocenters. The number of thiophene rings is 4. The molecule has 33 heavy (non-hydrogen) atoms. The van der Waals surface area contributed by atoms with Crippen molar-refractivity contribution in [2.24, 2.45) is 0 Å². The first-order chi connectivity index (χ1) is 15.8. The maximum atomic E-state index is 14.5. The van der Waals surface area contributed by atoms with E-state index in [1.54, 1.807) is 0 Å². The Kier molecular flexibility index (Phi) is 6.76. The van der Waals surface area contributed by atoms with Crippen LogP contribution in [0.15, 0.2) is 70.1 Å². The standard InChI is InChI=1S/C23H24O4P2S4/c1-23(2)26-17(15-28(24,19-7-3-11-30-19)20-8-4-12-31-20)18(27-23)16-29(25,21-9-5-13-32-21)22-10-6-14-33-22/h3-14,17-18H,15-16H2,1-2H3/t17-,18-/m0/s1. The van der Waals surface area contributed by atoms with Crippen LogP contribution in [0.2, 0.25) is 0 Å². The fraction of sp³-hybridized carbons (Fsp3) is 0.304. The van der Waals surface area contributed by atoms with Gasteiger partial charge in [0.15, 0.2) is 20.1 Å². The Labute approximate surface area is 210 Å². The zero-order valence-electron chi connectivity index (χ0n) is 18.2. The van der Waals surface area contributed by atoms with Crippen LogP contribution in [0.3, 0.4) is 0 Å². The molecule has 5 heterocycles. The summed E-state index contributed by atoms with van der Waals surface area (Å²) in [6, 6.07) is 15.6. The summed E-state index contributed by atoms with van der Waals surface area (Å²) in [6.45, 7) is 3.75. The van der Waals surface area contributed by atoms with Gasteiger partial charge in [-0.25, -0.2) is 0 Å². The monoisotopic (exact) mass is 554 g/mol. The topological polar surface area (TPSA) is 52.6 Å². The van der Waals surface area contributed by atoms with E-state index in [1.165, 1.54) is 45.3 Å². The van der Waals surface area contributed by atoms with Gasteiger partial charge in [-0.15, -0.1) is 45.3 Å². The van der Waals surface area contributed by atoms with E-state index >= 15 is 0 Å². The average molecular weight is 555 g/mol. The van der Waals surface area contributed by atoms with Crippen LogP contribution in [0.25, 0.3) is 0 Å². The lowest BCUT2D eigenvalue weighted by molar-refractivity contribution is -0.142. The lowest BCUT2D eigenvalue weighted by Gasteiger charge is -2.25. The molecule has 0 aliphatic carbocycles. The number of rotatable bonds is 8. The van der Waals surface area contributed by atoms with Crippen LogP contribution < -0.4 is 18.5 Å². The van der Waals surface area contributed by atoms with Gasteiger partial charge in [-0.3, -0.25) is 0 Å². The van der Waals surface area contributed by atoms with Crippen molar-refractivity contribution >= 4 is 78.1 Å². The summed E-state index contributed by atoms with van der Waals surface area (Å²) in [5.41, 5.74) is 0. The second-order valence-corrected chi connectivity index (χ2v) is 19.0. The summed E-state index contributed by atoms with van der Waals surface area (Å²) >= 11 is 6.07. The Hall–Kier alpha value is -0.820. The van der Waals surface area contributed by atoms with Gasteiger partial charge in [0.25, 0.3) is 0 Å². The van der Waals surface area contributed by atoms with Gasteiger partial charge in [-0.1, -0.05) is 24.3 Å². The predicted molar refractivity (Wildman–Crippen MR) is 145 cm³/mol. The van der Waals surface area contributed by atoms with Crippen LogP contribution in [0.4, 0.5) is 0 Å². The first-order valence-corrected chi connectivity index (χ1v) is 17.8. The quantitative estimate of drug-likeness (QED) is 0.259. The van der Waals surface area contributed by atoms with E-state index in [0.29, 0.717) is 12.3 Å². The van der Waals surface area contributed by atoms with Crippen molar-refractivity contribution in [3.63, 3.8) is 0 Å². The molecule has 1 aliphatic heterocycles. The molecule has 0 spiro atoms. The van der Waals surface area contributed by atoms with Crippen molar-refractivity contribution in [3.8, 4) is 0 Å². The molecule has 0 bridgehead atoms. The number of hydrogen-bond acceptors (Lipinski definition) is 8. The first-order valence-electron chi connectivity index (χ1n) is 10.5. The Morgan fingerprint density at radius 1 is 0.667 bits per heavy atom. The van der Waals surface area contributed by atoms with Crippen LogP contribution >= 0.6 is 59.6 Å². The van der Waals surface area contributed by atoms with E-state index in [2.05, 4.69) is 0 Å². The molecule has 0 aromatic carbocycles. The minimum absolute atomic E-state index is 0.330. The molecule has 174 valence electrons. The van der Waals surface area contributed by atoms with Crippen LogP contribution in [-0.2, 0) is 18.6 Å². The zero-order chi connectivity index (χ0) is 23.1. The highest BCUT2D eigenvalue weighted by atomic mass is 32.1. The van der Waals surface area contributed by atoms with Crippen molar-refractivity contribution in [2.75, 3.05) is 12.3 Å². The minimum atomic E-state index is -2.91. The van der Waals surface area contributed by atoms with Gasteiger partial charge >= 0.3 is 0 Å². The lowest BCUT2D eigenvalue weighted by atomic mass is 10.3. The summed E-state index contributed by atoms with van der Waals surface area (Å²) < 4.78 is 45.1. The Morgan fingerprint density at radius 3 is 1.21 bits per heavy atom. The summed E-state index contributed by atoms with van der Waals surface area (Å²) in [4.78, 5) is 0. The fourth-order valence-corrected chi connectivity index (χ4v) is 16.0. The number of hydrogen-bond donors (Lipinski definition) is 0. The highest BCUT2D eigenvalue weighted by molar-refractivity contribution is 7.87. The van der Waals surface area contributed by atoms with Crippen molar-refractivity contribution < 1.29 is 18.6 Å². The maximum absolute atomic E-state index is 14.5. The summed E-state index contributed by atoms with van der Waals surface area (Å²) in [6.07, 6.45) is -0.194. The van der Waals surface area contributed by atoms with Gasteiger partial charge in [0.05, 0.1) is 30.7 Å². The highest BCUT2D eigenvalue weighted by Crippen LogP contribution is 2.53. The minimum Gasteiger partial charge on any atom is -0.344 e. The predicted octanol–water partition coefficient (Wildman–Crippen LogP) is 5.78. The Morgan fingerprint density at radius 2 is 0.970 bits per heavy atom. The molecule has 10 heteroatoms. The second-order valence-electron chi connectivity index (χ2n) is 8.36. The van der Waals surface area contributed by atoms with E-state index in [0.717, 1.165) is 18.5 Å². The molecule has 1 aliphatic rings. The normalized spacial score (nSPS) is 20.9. The van der Waals surface area contributed by atoms with E-state index in [1.807, 2.05) is 83.9 Å². The van der Waals surface area contributed by atoms with E-state index in [-0.39, 0.29) is 0 Å². The van der Waals surface area contributed by atoms with E-state index < -0.39 is 32.3 Å². The summed E-state index contributed by atoms with van der Waals surface area (Å²) in [5, 5.41) is 7.85.